The highest BCUT2D eigenvalue weighted by atomic mass is 32.2. The van der Waals surface area contributed by atoms with Gasteiger partial charge in [0.2, 0.25) is 10.0 Å². The molecule has 0 radical (unpaired) electrons. The summed E-state index contributed by atoms with van der Waals surface area (Å²) >= 11 is 1.70. The van der Waals surface area contributed by atoms with Gasteiger partial charge in [0.15, 0.2) is 0 Å². The van der Waals surface area contributed by atoms with Crippen molar-refractivity contribution in [2.45, 2.75) is 33.0 Å². The Hall–Kier alpha value is -1.29. The lowest BCUT2D eigenvalue weighted by atomic mass is 10.2. The zero-order valence-corrected chi connectivity index (χ0v) is 15.9. The van der Waals surface area contributed by atoms with Gasteiger partial charge in [-0.3, -0.25) is 4.68 Å². The van der Waals surface area contributed by atoms with E-state index >= 15 is 0 Å². The third-order valence-corrected chi connectivity index (χ3v) is 6.52. The standard InChI is InChI=1S/C15H23N5O2S2/c1-12-15(23-11-16-12)4-5-18(2)9-13-8-14-10-19(24(3,21)22)6-7-20(14)17-13/h8,11H,4-7,9-10H2,1-3H3. The number of aromatic nitrogens is 3. The predicted octanol–water partition coefficient (Wildman–Crippen LogP) is 1.10. The van der Waals surface area contributed by atoms with Crippen LogP contribution in [0.2, 0.25) is 0 Å². The molecule has 0 aromatic carbocycles. The SMILES string of the molecule is Cc1ncsc1CCN(C)Cc1cc2n(n1)CCN(S(C)(=O)=O)C2. The quantitative estimate of drug-likeness (QED) is 0.762. The molecule has 7 nitrogen and oxygen atoms in total. The van der Waals surface area contributed by atoms with Crippen LogP contribution in [0.4, 0.5) is 0 Å². The summed E-state index contributed by atoms with van der Waals surface area (Å²) < 4.78 is 26.8. The topological polar surface area (TPSA) is 71.3 Å². The van der Waals surface area contributed by atoms with Crippen LogP contribution in [0, 0.1) is 6.92 Å². The third kappa shape index (κ3) is 4.02. The molecule has 0 bridgehead atoms. The molecule has 0 fully saturated rings. The van der Waals surface area contributed by atoms with Gasteiger partial charge in [0.25, 0.3) is 0 Å². The molecule has 9 heteroatoms. The largest absolute Gasteiger partial charge is 0.300 e. The number of sulfonamides is 1. The molecule has 0 unspecified atom stereocenters. The van der Waals surface area contributed by atoms with Crippen molar-refractivity contribution >= 4 is 21.4 Å². The Morgan fingerprint density at radius 3 is 2.83 bits per heavy atom. The zero-order chi connectivity index (χ0) is 17.3. The fraction of sp³-hybridized carbons (Fsp3) is 0.600. The Kier molecular flexibility index (Phi) is 5.05. The Labute approximate surface area is 147 Å². The number of thiazole rings is 1. The molecule has 132 valence electrons. The van der Waals surface area contributed by atoms with Crippen molar-refractivity contribution in [3.05, 3.63) is 33.5 Å². The van der Waals surface area contributed by atoms with Gasteiger partial charge in [-0.25, -0.2) is 13.4 Å². The first-order chi connectivity index (χ1) is 11.3. The van der Waals surface area contributed by atoms with E-state index in [-0.39, 0.29) is 0 Å². The molecule has 0 aliphatic carbocycles. The van der Waals surface area contributed by atoms with Gasteiger partial charge >= 0.3 is 0 Å². The highest BCUT2D eigenvalue weighted by Gasteiger charge is 2.24. The van der Waals surface area contributed by atoms with E-state index in [2.05, 4.69) is 22.0 Å². The van der Waals surface area contributed by atoms with Gasteiger partial charge in [0.1, 0.15) is 0 Å². The summed E-state index contributed by atoms with van der Waals surface area (Å²) in [7, 11) is -1.06. The lowest BCUT2D eigenvalue weighted by Gasteiger charge is -2.25. The minimum Gasteiger partial charge on any atom is -0.300 e. The fourth-order valence-electron chi connectivity index (χ4n) is 2.88. The molecule has 3 rings (SSSR count). The summed E-state index contributed by atoms with van der Waals surface area (Å²) in [5.41, 5.74) is 4.96. The molecule has 3 heterocycles. The van der Waals surface area contributed by atoms with Gasteiger partial charge in [-0.05, 0) is 26.5 Å². The van der Waals surface area contributed by atoms with Crippen LogP contribution in [0.1, 0.15) is 22.0 Å². The molecular formula is C15H23N5O2S2. The summed E-state index contributed by atoms with van der Waals surface area (Å²) in [4.78, 5) is 7.85. The second-order valence-corrected chi connectivity index (χ2v) is 9.22. The molecule has 2 aromatic heterocycles. The normalized spacial score (nSPS) is 15.8. The number of fused-ring (bicyclic) bond motifs is 1. The number of likely N-dealkylation sites (N-methyl/N-ethyl adjacent to an activating group) is 1. The first-order valence-electron chi connectivity index (χ1n) is 7.91. The maximum Gasteiger partial charge on any atom is 0.211 e. The van der Waals surface area contributed by atoms with Gasteiger partial charge in [-0.1, -0.05) is 0 Å². The smallest absolute Gasteiger partial charge is 0.211 e. The second kappa shape index (κ2) is 6.91. The maximum absolute atomic E-state index is 11.7. The Bertz CT molecular complexity index is 812. The van der Waals surface area contributed by atoms with Crippen LogP contribution in [0.15, 0.2) is 11.6 Å². The van der Waals surface area contributed by atoms with Crippen molar-refractivity contribution in [3.8, 4) is 0 Å². The van der Waals surface area contributed by atoms with Gasteiger partial charge < -0.3 is 4.90 Å². The summed E-state index contributed by atoms with van der Waals surface area (Å²) in [6.07, 6.45) is 2.25. The zero-order valence-electron chi connectivity index (χ0n) is 14.3. The lowest BCUT2D eigenvalue weighted by molar-refractivity contribution is 0.316. The first-order valence-corrected chi connectivity index (χ1v) is 10.6. The summed E-state index contributed by atoms with van der Waals surface area (Å²) in [5, 5.41) is 4.61. The maximum atomic E-state index is 11.7. The van der Waals surface area contributed by atoms with Crippen molar-refractivity contribution in [2.75, 3.05) is 26.4 Å². The number of aryl methyl sites for hydroxylation is 1. The van der Waals surface area contributed by atoms with Gasteiger partial charge in [0, 0.05) is 24.5 Å². The Morgan fingerprint density at radius 1 is 1.38 bits per heavy atom. The van der Waals surface area contributed by atoms with Crippen molar-refractivity contribution in [1.82, 2.24) is 24.0 Å². The molecule has 1 aliphatic heterocycles. The van der Waals surface area contributed by atoms with E-state index in [4.69, 9.17) is 0 Å². The van der Waals surface area contributed by atoms with Gasteiger partial charge in [-0.2, -0.15) is 9.40 Å². The minimum absolute atomic E-state index is 0.412. The lowest BCUT2D eigenvalue weighted by Crippen LogP contribution is -2.37. The molecule has 0 atom stereocenters. The van der Waals surface area contributed by atoms with Crippen LogP contribution in [0.5, 0.6) is 0 Å². The van der Waals surface area contributed by atoms with Crippen LogP contribution in [-0.2, 0) is 36.1 Å². The Morgan fingerprint density at radius 2 is 2.17 bits per heavy atom. The van der Waals surface area contributed by atoms with E-state index in [1.807, 2.05) is 23.2 Å². The molecule has 0 saturated carbocycles. The molecule has 0 N–H and O–H groups in total. The summed E-state index contributed by atoms with van der Waals surface area (Å²) in [6, 6.07) is 2.02. The molecule has 1 aliphatic rings. The average Bonchev–Trinajstić information content (AvgIpc) is 3.08. The molecule has 0 saturated heterocycles. The molecule has 0 spiro atoms. The van der Waals surface area contributed by atoms with E-state index in [1.165, 1.54) is 15.4 Å². The monoisotopic (exact) mass is 369 g/mol. The number of nitrogens with zero attached hydrogens (tertiary/aromatic N) is 5. The number of hydrogen-bond acceptors (Lipinski definition) is 6. The van der Waals surface area contributed by atoms with E-state index in [0.29, 0.717) is 19.6 Å². The average molecular weight is 370 g/mol. The van der Waals surface area contributed by atoms with Crippen LogP contribution in [0.25, 0.3) is 0 Å². The van der Waals surface area contributed by atoms with Crippen LogP contribution < -0.4 is 0 Å². The number of hydrogen-bond donors (Lipinski definition) is 0. The van der Waals surface area contributed by atoms with Gasteiger partial charge in [0.05, 0.1) is 41.9 Å². The second-order valence-electron chi connectivity index (χ2n) is 6.30. The van der Waals surface area contributed by atoms with E-state index in [9.17, 15) is 8.42 Å². The van der Waals surface area contributed by atoms with Crippen LogP contribution >= 0.6 is 11.3 Å². The highest BCUT2D eigenvalue weighted by Crippen LogP contribution is 2.17. The summed E-state index contributed by atoms with van der Waals surface area (Å²) in [5.74, 6) is 0. The van der Waals surface area contributed by atoms with Crippen LogP contribution in [0.3, 0.4) is 0 Å². The minimum atomic E-state index is -3.14. The van der Waals surface area contributed by atoms with Crippen molar-refractivity contribution in [1.29, 1.82) is 0 Å². The predicted molar refractivity (Wildman–Crippen MR) is 94.4 cm³/mol. The summed E-state index contributed by atoms with van der Waals surface area (Å²) in [6.45, 7) is 5.27. The fourth-order valence-corrected chi connectivity index (χ4v) is 4.43. The molecule has 24 heavy (non-hydrogen) atoms. The van der Waals surface area contributed by atoms with Crippen molar-refractivity contribution in [3.63, 3.8) is 0 Å². The molecular weight excluding hydrogens is 346 g/mol. The highest BCUT2D eigenvalue weighted by molar-refractivity contribution is 7.88. The Balaban J connectivity index is 1.59. The third-order valence-electron chi connectivity index (χ3n) is 4.28. The first kappa shape index (κ1) is 17.5. The molecule has 0 amide bonds. The van der Waals surface area contributed by atoms with E-state index in [1.54, 1.807) is 11.3 Å². The van der Waals surface area contributed by atoms with Gasteiger partial charge in [-0.15, -0.1) is 11.3 Å². The molecule has 2 aromatic rings. The van der Waals surface area contributed by atoms with E-state index in [0.717, 1.165) is 36.6 Å². The van der Waals surface area contributed by atoms with E-state index < -0.39 is 10.0 Å². The van der Waals surface area contributed by atoms with Crippen molar-refractivity contribution < 1.29 is 8.42 Å². The van der Waals surface area contributed by atoms with Crippen molar-refractivity contribution in [2.24, 2.45) is 0 Å². The van der Waals surface area contributed by atoms with Crippen LogP contribution in [-0.4, -0.2) is 58.8 Å². The number of rotatable bonds is 6.